The Kier molecular flexibility index (Phi) is 6.21. The molecule has 1 N–H and O–H groups in total. The van der Waals surface area contributed by atoms with Gasteiger partial charge in [-0.1, -0.05) is 58.4 Å². The second kappa shape index (κ2) is 6.91. The zero-order valence-corrected chi connectivity index (χ0v) is 13.2. The summed E-state index contributed by atoms with van der Waals surface area (Å²) in [5, 5.41) is 3.38. The topological polar surface area (TPSA) is 12.0 Å². The van der Waals surface area contributed by atoms with Crippen molar-refractivity contribution < 1.29 is 4.39 Å². The van der Waals surface area contributed by atoms with Crippen LogP contribution in [0.3, 0.4) is 0 Å². The van der Waals surface area contributed by atoms with Crippen molar-refractivity contribution in [2.24, 2.45) is 5.92 Å². The molecule has 0 heterocycles. The summed E-state index contributed by atoms with van der Waals surface area (Å²) in [6.45, 7) is 4.94. The van der Waals surface area contributed by atoms with Gasteiger partial charge in [-0.2, -0.15) is 0 Å². The third kappa shape index (κ3) is 4.30. The molecule has 0 spiro atoms. The molecule has 0 aliphatic carbocycles. The van der Waals surface area contributed by atoms with Crippen molar-refractivity contribution in [3.63, 3.8) is 0 Å². The van der Waals surface area contributed by atoms with Gasteiger partial charge in [0.1, 0.15) is 5.82 Å². The molecule has 0 aliphatic heterocycles. The number of rotatable bonds is 5. The van der Waals surface area contributed by atoms with Gasteiger partial charge in [-0.15, -0.1) is 0 Å². The van der Waals surface area contributed by atoms with Crippen LogP contribution in [0.1, 0.15) is 19.4 Å². The van der Waals surface area contributed by atoms with E-state index < -0.39 is 0 Å². The lowest BCUT2D eigenvalue weighted by Gasteiger charge is -2.20. The molecule has 16 heavy (non-hydrogen) atoms. The molecule has 4 heteroatoms. The first-order valence-corrected chi connectivity index (χ1v) is 7.59. The van der Waals surface area contributed by atoms with Crippen molar-refractivity contribution in [3.8, 4) is 0 Å². The van der Waals surface area contributed by atoms with Crippen molar-refractivity contribution in [3.05, 3.63) is 34.1 Å². The minimum absolute atomic E-state index is 0.155. The normalized spacial score (nSPS) is 13.1. The van der Waals surface area contributed by atoms with Gasteiger partial charge >= 0.3 is 0 Å². The summed E-state index contributed by atoms with van der Waals surface area (Å²) in [7, 11) is 0. The van der Waals surface area contributed by atoms with Crippen LogP contribution in [0.5, 0.6) is 0 Å². The lowest BCUT2D eigenvalue weighted by molar-refractivity contribution is 0.431. The molecule has 0 aliphatic rings. The number of hydrogen-bond acceptors (Lipinski definition) is 1. The van der Waals surface area contributed by atoms with Crippen LogP contribution in [0.25, 0.3) is 0 Å². The molecule has 0 aromatic heterocycles. The van der Waals surface area contributed by atoms with Crippen LogP contribution in [-0.2, 0) is 6.54 Å². The minimum Gasteiger partial charge on any atom is -0.309 e. The zero-order chi connectivity index (χ0) is 12.1. The Balaban J connectivity index is 2.60. The monoisotopic (exact) mass is 399 g/mol. The summed E-state index contributed by atoms with van der Waals surface area (Å²) in [5.41, 5.74) is 0.721. The Morgan fingerprint density at radius 2 is 2.12 bits per heavy atom. The van der Waals surface area contributed by atoms with E-state index in [9.17, 15) is 4.39 Å². The molecule has 1 rings (SSSR count). The van der Waals surface area contributed by atoms with Crippen molar-refractivity contribution in [2.45, 2.75) is 26.4 Å². The summed E-state index contributed by atoms with van der Waals surface area (Å²) in [4.78, 5) is 0. The largest absolute Gasteiger partial charge is 0.309 e. The van der Waals surface area contributed by atoms with Gasteiger partial charge in [-0.05, 0) is 18.1 Å². The van der Waals surface area contributed by atoms with Crippen molar-refractivity contribution in [1.82, 2.24) is 5.32 Å². The van der Waals surface area contributed by atoms with Gasteiger partial charge in [0, 0.05) is 27.1 Å². The molecule has 1 atom stereocenters. The molecular formula is C12H16BrFIN. The van der Waals surface area contributed by atoms with Crippen LogP contribution in [0.4, 0.5) is 4.39 Å². The van der Waals surface area contributed by atoms with E-state index in [0.717, 1.165) is 14.5 Å². The number of hydrogen-bond donors (Lipinski definition) is 1. The van der Waals surface area contributed by atoms with Crippen LogP contribution in [0.2, 0.25) is 0 Å². The fraction of sp³-hybridized carbons (Fsp3) is 0.500. The van der Waals surface area contributed by atoms with Gasteiger partial charge in [-0.25, -0.2) is 4.39 Å². The maximum atomic E-state index is 13.5. The lowest BCUT2D eigenvalue weighted by atomic mass is 10.1. The fourth-order valence-corrected chi connectivity index (χ4v) is 3.04. The first-order valence-electron chi connectivity index (χ1n) is 5.28. The van der Waals surface area contributed by atoms with E-state index in [1.807, 2.05) is 12.1 Å². The highest BCUT2D eigenvalue weighted by atomic mass is 127. The average Bonchev–Trinajstić information content (AvgIpc) is 2.21. The van der Waals surface area contributed by atoms with E-state index in [0.29, 0.717) is 18.5 Å². The second-order valence-corrected chi connectivity index (χ2v) is 5.92. The molecule has 1 aromatic carbocycles. The van der Waals surface area contributed by atoms with Gasteiger partial charge in [0.15, 0.2) is 0 Å². The first-order chi connectivity index (χ1) is 7.54. The Labute approximate surface area is 118 Å². The fourth-order valence-electron chi connectivity index (χ4n) is 1.37. The molecule has 0 saturated heterocycles. The van der Waals surface area contributed by atoms with Gasteiger partial charge in [0.05, 0.1) is 0 Å². The molecular weight excluding hydrogens is 384 g/mol. The van der Waals surface area contributed by atoms with E-state index in [4.69, 9.17) is 0 Å². The van der Waals surface area contributed by atoms with E-state index in [1.54, 1.807) is 0 Å². The summed E-state index contributed by atoms with van der Waals surface area (Å²) in [6, 6.07) is 5.63. The molecule has 0 fully saturated rings. The van der Waals surface area contributed by atoms with Gasteiger partial charge in [0.2, 0.25) is 0 Å². The van der Waals surface area contributed by atoms with Crippen LogP contribution in [0.15, 0.2) is 22.7 Å². The Bertz CT molecular complexity index is 344. The van der Waals surface area contributed by atoms with E-state index in [1.165, 1.54) is 6.07 Å². The number of benzene rings is 1. The van der Waals surface area contributed by atoms with Crippen molar-refractivity contribution in [2.75, 3.05) is 4.43 Å². The second-order valence-electron chi connectivity index (χ2n) is 4.12. The maximum absolute atomic E-state index is 13.5. The third-order valence-corrected chi connectivity index (χ3v) is 3.98. The van der Waals surface area contributed by atoms with Crippen LogP contribution in [0, 0.1) is 11.7 Å². The summed E-state index contributed by atoms with van der Waals surface area (Å²) < 4.78 is 15.3. The van der Waals surface area contributed by atoms with E-state index >= 15 is 0 Å². The highest BCUT2D eigenvalue weighted by Crippen LogP contribution is 2.15. The first kappa shape index (κ1) is 14.4. The summed E-state index contributed by atoms with van der Waals surface area (Å²) in [5.74, 6) is 0.410. The SMILES string of the molecule is CC(C)C(CI)NCc1ccc(Br)cc1F. The van der Waals surface area contributed by atoms with Crippen LogP contribution >= 0.6 is 38.5 Å². The number of halogens is 3. The number of nitrogens with one attached hydrogen (secondary N) is 1. The highest BCUT2D eigenvalue weighted by Gasteiger charge is 2.11. The maximum Gasteiger partial charge on any atom is 0.128 e. The molecule has 1 nitrogen and oxygen atoms in total. The quantitative estimate of drug-likeness (QED) is 0.579. The molecule has 0 bridgehead atoms. The molecule has 90 valence electrons. The lowest BCUT2D eigenvalue weighted by Crippen LogP contribution is -2.34. The zero-order valence-electron chi connectivity index (χ0n) is 9.43. The van der Waals surface area contributed by atoms with E-state index in [-0.39, 0.29) is 5.82 Å². The van der Waals surface area contributed by atoms with Gasteiger partial charge in [-0.3, -0.25) is 0 Å². The molecule has 0 amide bonds. The predicted octanol–water partition coefficient (Wildman–Crippen LogP) is 4.14. The van der Waals surface area contributed by atoms with E-state index in [2.05, 4.69) is 57.7 Å². The van der Waals surface area contributed by atoms with Gasteiger partial charge in [0.25, 0.3) is 0 Å². The summed E-state index contributed by atoms with van der Waals surface area (Å²) in [6.07, 6.45) is 0. The molecule has 0 saturated carbocycles. The number of alkyl halides is 1. The molecule has 1 unspecified atom stereocenters. The minimum atomic E-state index is -0.155. The molecule has 1 aromatic rings. The van der Waals surface area contributed by atoms with Crippen LogP contribution < -0.4 is 5.32 Å². The average molecular weight is 400 g/mol. The van der Waals surface area contributed by atoms with Gasteiger partial charge < -0.3 is 5.32 Å². The predicted molar refractivity (Wildman–Crippen MR) is 78.5 cm³/mol. The standard InChI is InChI=1S/C12H16BrFIN/c1-8(2)12(6-15)16-7-9-3-4-10(13)5-11(9)14/h3-5,8,12,16H,6-7H2,1-2H3. The third-order valence-electron chi connectivity index (χ3n) is 2.54. The Morgan fingerprint density at radius 1 is 1.44 bits per heavy atom. The van der Waals surface area contributed by atoms with Crippen molar-refractivity contribution >= 4 is 38.5 Å². The Hall–Kier alpha value is 0.320. The smallest absolute Gasteiger partial charge is 0.128 e. The Morgan fingerprint density at radius 3 is 2.62 bits per heavy atom. The van der Waals surface area contributed by atoms with Crippen LogP contribution in [-0.4, -0.2) is 10.5 Å². The summed E-state index contributed by atoms with van der Waals surface area (Å²) >= 11 is 5.61. The van der Waals surface area contributed by atoms with Crippen molar-refractivity contribution in [1.29, 1.82) is 0 Å². The highest BCUT2D eigenvalue weighted by molar-refractivity contribution is 14.1. The molecule has 0 radical (unpaired) electrons.